The van der Waals surface area contributed by atoms with E-state index >= 15 is 0 Å². The SMILES string of the molecule is CCCCCCCCCCCCCC(C)(CC)c1ncn[nH]1. The fourth-order valence-electron chi connectivity index (χ4n) is 3.14. The van der Waals surface area contributed by atoms with Gasteiger partial charge >= 0.3 is 0 Å². The van der Waals surface area contributed by atoms with Crippen LogP contribution in [0.25, 0.3) is 0 Å². The van der Waals surface area contributed by atoms with E-state index in [9.17, 15) is 0 Å². The summed E-state index contributed by atoms with van der Waals surface area (Å²) in [5.41, 5.74) is 0.176. The Kier molecular flexibility index (Phi) is 10.2. The van der Waals surface area contributed by atoms with E-state index in [2.05, 4.69) is 36.0 Å². The van der Waals surface area contributed by atoms with E-state index in [-0.39, 0.29) is 5.41 Å². The molecule has 0 aromatic carbocycles. The van der Waals surface area contributed by atoms with Gasteiger partial charge in [0.1, 0.15) is 12.2 Å². The Morgan fingerprint density at radius 1 is 0.864 bits per heavy atom. The number of hydrogen-bond donors (Lipinski definition) is 1. The minimum absolute atomic E-state index is 0.176. The number of aromatic amines is 1. The molecule has 1 aromatic heterocycles. The molecule has 0 saturated carbocycles. The molecule has 0 saturated heterocycles. The van der Waals surface area contributed by atoms with Gasteiger partial charge in [-0.1, -0.05) is 91.4 Å². The maximum atomic E-state index is 4.36. The summed E-state index contributed by atoms with van der Waals surface area (Å²) in [7, 11) is 0. The van der Waals surface area contributed by atoms with E-state index in [0.29, 0.717) is 0 Å². The van der Waals surface area contributed by atoms with Gasteiger partial charge in [-0.15, -0.1) is 0 Å². The first-order valence-corrected chi connectivity index (χ1v) is 9.58. The van der Waals surface area contributed by atoms with Crippen molar-refractivity contribution in [3.8, 4) is 0 Å². The summed E-state index contributed by atoms with van der Waals surface area (Å²) in [6.45, 7) is 6.84. The van der Waals surface area contributed by atoms with E-state index in [1.54, 1.807) is 6.33 Å². The normalized spacial score (nSPS) is 14.1. The third-order valence-electron chi connectivity index (χ3n) is 5.10. The molecular formula is C19H37N3. The van der Waals surface area contributed by atoms with E-state index in [1.807, 2.05) is 0 Å². The molecule has 3 heteroatoms. The molecular weight excluding hydrogens is 270 g/mol. The number of nitrogens with one attached hydrogen (secondary N) is 1. The van der Waals surface area contributed by atoms with Crippen LogP contribution in [0.1, 0.15) is 110 Å². The van der Waals surface area contributed by atoms with Crippen molar-refractivity contribution in [1.82, 2.24) is 15.2 Å². The Hall–Kier alpha value is -0.860. The van der Waals surface area contributed by atoms with Gasteiger partial charge in [0.05, 0.1) is 0 Å². The van der Waals surface area contributed by atoms with Gasteiger partial charge in [-0.3, -0.25) is 5.10 Å². The molecule has 0 fully saturated rings. The molecule has 0 radical (unpaired) electrons. The Balaban J connectivity index is 1.99. The molecule has 0 aliphatic heterocycles. The van der Waals surface area contributed by atoms with Gasteiger partial charge in [0.25, 0.3) is 0 Å². The predicted molar refractivity (Wildman–Crippen MR) is 95.1 cm³/mol. The summed E-state index contributed by atoms with van der Waals surface area (Å²) < 4.78 is 0. The summed E-state index contributed by atoms with van der Waals surface area (Å²) in [5.74, 6) is 1.06. The molecule has 1 aromatic rings. The average molecular weight is 308 g/mol. The van der Waals surface area contributed by atoms with E-state index < -0.39 is 0 Å². The van der Waals surface area contributed by atoms with Crippen molar-refractivity contribution in [2.45, 2.75) is 110 Å². The van der Waals surface area contributed by atoms with Crippen LogP contribution in [0.5, 0.6) is 0 Å². The lowest BCUT2D eigenvalue weighted by molar-refractivity contribution is 0.374. The fraction of sp³-hybridized carbons (Fsp3) is 0.895. The predicted octanol–water partition coefficient (Wildman–Crippen LogP) is 6.17. The Labute approximate surface area is 137 Å². The molecule has 0 bridgehead atoms. The number of aromatic nitrogens is 3. The number of unbranched alkanes of at least 4 members (excludes halogenated alkanes) is 10. The third-order valence-corrected chi connectivity index (χ3v) is 5.10. The molecule has 1 atom stereocenters. The number of hydrogen-bond acceptors (Lipinski definition) is 2. The first-order valence-electron chi connectivity index (χ1n) is 9.58. The van der Waals surface area contributed by atoms with E-state index in [0.717, 1.165) is 12.2 Å². The minimum Gasteiger partial charge on any atom is -0.263 e. The molecule has 128 valence electrons. The van der Waals surface area contributed by atoms with Crippen LogP contribution in [-0.2, 0) is 5.41 Å². The molecule has 1 rings (SSSR count). The minimum atomic E-state index is 0.176. The zero-order valence-corrected chi connectivity index (χ0v) is 15.2. The van der Waals surface area contributed by atoms with Crippen molar-refractivity contribution in [2.75, 3.05) is 0 Å². The van der Waals surface area contributed by atoms with Crippen molar-refractivity contribution in [3.63, 3.8) is 0 Å². The molecule has 0 aliphatic carbocycles. The van der Waals surface area contributed by atoms with Crippen LogP contribution >= 0.6 is 0 Å². The van der Waals surface area contributed by atoms with E-state index in [4.69, 9.17) is 0 Å². The van der Waals surface area contributed by atoms with Gasteiger partial charge in [-0.25, -0.2) is 4.98 Å². The molecule has 0 amide bonds. The van der Waals surface area contributed by atoms with Crippen LogP contribution in [0.2, 0.25) is 0 Å². The highest BCUT2D eigenvalue weighted by atomic mass is 15.2. The molecule has 22 heavy (non-hydrogen) atoms. The van der Waals surface area contributed by atoms with Crippen LogP contribution in [0.15, 0.2) is 6.33 Å². The van der Waals surface area contributed by atoms with Crippen molar-refractivity contribution in [1.29, 1.82) is 0 Å². The van der Waals surface area contributed by atoms with Gasteiger partial charge in [0.2, 0.25) is 0 Å². The van der Waals surface area contributed by atoms with Crippen molar-refractivity contribution >= 4 is 0 Å². The first kappa shape index (κ1) is 19.2. The van der Waals surface area contributed by atoms with Crippen LogP contribution in [0.4, 0.5) is 0 Å². The summed E-state index contributed by atoms with van der Waals surface area (Å²) in [5, 5.41) is 7.06. The monoisotopic (exact) mass is 307 g/mol. The van der Waals surface area contributed by atoms with Crippen LogP contribution < -0.4 is 0 Å². The van der Waals surface area contributed by atoms with Crippen LogP contribution in [0.3, 0.4) is 0 Å². The zero-order valence-electron chi connectivity index (χ0n) is 15.2. The second-order valence-electron chi connectivity index (χ2n) is 7.03. The molecule has 0 spiro atoms. The number of rotatable bonds is 14. The van der Waals surface area contributed by atoms with Gasteiger partial charge in [0.15, 0.2) is 0 Å². The standard InChI is InChI=1S/C19H37N3/c1-4-6-7-8-9-10-11-12-13-14-15-16-19(3,5-2)18-20-17-21-22-18/h17H,4-16H2,1-3H3,(H,20,21,22). The summed E-state index contributed by atoms with van der Waals surface area (Å²) >= 11 is 0. The maximum absolute atomic E-state index is 4.36. The second-order valence-corrected chi connectivity index (χ2v) is 7.03. The summed E-state index contributed by atoms with van der Waals surface area (Å²) in [6.07, 6.45) is 19.4. The average Bonchev–Trinajstić information content (AvgIpc) is 3.07. The van der Waals surface area contributed by atoms with Crippen molar-refractivity contribution in [3.05, 3.63) is 12.2 Å². The number of H-pyrrole nitrogens is 1. The smallest absolute Gasteiger partial charge is 0.137 e. The lowest BCUT2D eigenvalue weighted by Gasteiger charge is -2.25. The molecule has 1 unspecified atom stereocenters. The highest BCUT2D eigenvalue weighted by Crippen LogP contribution is 2.30. The van der Waals surface area contributed by atoms with Gasteiger partial charge in [-0.2, -0.15) is 5.10 Å². The third kappa shape index (κ3) is 7.42. The van der Waals surface area contributed by atoms with Crippen LogP contribution in [-0.4, -0.2) is 15.2 Å². The molecule has 1 N–H and O–H groups in total. The fourth-order valence-corrected chi connectivity index (χ4v) is 3.14. The molecule has 1 heterocycles. The topological polar surface area (TPSA) is 41.6 Å². The Bertz CT molecular complexity index is 348. The highest BCUT2D eigenvalue weighted by molar-refractivity contribution is 5.02. The molecule has 0 aliphatic rings. The van der Waals surface area contributed by atoms with E-state index in [1.165, 1.54) is 77.0 Å². The summed E-state index contributed by atoms with van der Waals surface area (Å²) in [4.78, 5) is 4.36. The lowest BCUT2D eigenvalue weighted by Crippen LogP contribution is -2.22. The lowest BCUT2D eigenvalue weighted by atomic mass is 9.81. The Morgan fingerprint density at radius 3 is 1.86 bits per heavy atom. The molecule has 3 nitrogen and oxygen atoms in total. The Morgan fingerprint density at radius 2 is 1.41 bits per heavy atom. The van der Waals surface area contributed by atoms with Crippen LogP contribution in [0, 0.1) is 0 Å². The largest absolute Gasteiger partial charge is 0.263 e. The van der Waals surface area contributed by atoms with Crippen molar-refractivity contribution in [2.24, 2.45) is 0 Å². The van der Waals surface area contributed by atoms with Gasteiger partial charge < -0.3 is 0 Å². The number of nitrogens with zero attached hydrogens (tertiary/aromatic N) is 2. The highest BCUT2D eigenvalue weighted by Gasteiger charge is 2.26. The quantitative estimate of drug-likeness (QED) is 0.417. The summed E-state index contributed by atoms with van der Waals surface area (Å²) in [6, 6.07) is 0. The maximum Gasteiger partial charge on any atom is 0.137 e. The van der Waals surface area contributed by atoms with Crippen molar-refractivity contribution < 1.29 is 0 Å². The van der Waals surface area contributed by atoms with Gasteiger partial charge in [-0.05, 0) is 12.8 Å². The second kappa shape index (κ2) is 11.7. The zero-order chi connectivity index (χ0) is 16.1. The first-order chi connectivity index (χ1) is 10.7. The van der Waals surface area contributed by atoms with Gasteiger partial charge in [0, 0.05) is 5.41 Å².